The minimum atomic E-state index is 0.540. The third-order valence-electron chi connectivity index (χ3n) is 3.50. The van der Waals surface area contributed by atoms with E-state index in [1.54, 1.807) is 25.6 Å². The summed E-state index contributed by atoms with van der Waals surface area (Å²) in [5.74, 6) is 1.84. The first-order valence-electron chi connectivity index (χ1n) is 7.13. The highest BCUT2D eigenvalue weighted by Gasteiger charge is 2.17. The minimum absolute atomic E-state index is 0.540. The van der Waals surface area contributed by atoms with Crippen LogP contribution < -0.4 is 14.8 Å². The number of hydrogen-bond donors (Lipinski definition) is 1. The molecule has 1 aromatic carbocycles. The van der Waals surface area contributed by atoms with Crippen LogP contribution in [0.5, 0.6) is 16.6 Å². The predicted molar refractivity (Wildman–Crippen MR) is 97.2 cm³/mol. The largest absolute Gasteiger partial charge is 0.493 e. The van der Waals surface area contributed by atoms with Gasteiger partial charge in [-0.1, -0.05) is 11.6 Å². The van der Waals surface area contributed by atoms with Crippen molar-refractivity contribution in [3.05, 3.63) is 52.5 Å². The van der Waals surface area contributed by atoms with Crippen molar-refractivity contribution in [2.24, 2.45) is 4.99 Å². The SMILES string of the molecule is COc1cc2c(cc1Oc1cccs1)Nc1nccc(Cl)c1N=C2. The predicted octanol–water partition coefficient (Wildman–Crippen LogP) is 5.41. The average molecular weight is 358 g/mol. The van der Waals surface area contributed by atoms with Gasteiger partial charge in [0.1, 0.15) is 5.69 Å². The fourth-order valence-corrected chi connectivity index (χ4v) is 3.15. The van der Waals surface area contributed by atoms with Crippen molar-refractivity contribution in [1.29, 1.82) is 0 Å². The number of nitrogens with zero attached hydrogens (tertiary/aromatic N) is 2. The Morgan fingerprint density at radius 1 is 1.21 bits per heavy atom. The maximum Gasteiger partial charge on any atom is 0.181 e. The molecule has 1 aliphatic heterocycles. The first kappa shape index (κ1) is 15.0. The van der Waals surface area contributed by atoms with Crippen molar-refractivity contribution in [2.75, 3.05) is 12.4 Å². The molecular weight excluding hydrogens is 346 g/mol. The standard InChI is InChI=1S/C17H12ClN3O2S/c1-22-13-7-10-9-20-16-11(18)4-5-19-17(16)21-12(10)8-14(13)23-15-3-2-6-24-15/h2-9H,1H3,(H,19,21). The van der Waals surface area contributed by atoms with E-state index in [1.165, 1.54) is 11.3 Å². The summed E-state index contributed by atoms with van der Waals surface area (Å²) in [7, 11) is 1.61. The summed E-state index contributed by atoms with van der Waals surface area (Å²) < 4.78 is 11.4. The lowest BCUT2D eigenvalue weighted by molar-refractivity contribution is 0.382. The van der Waals surface area contributed by atoms with Crippen LogP contribution in [0.4, 0.5) is 17.2 Å². The number of pyridine rings is 1. The highest BCUT2D eigenvalue weighted by molar-refractivity contribution is 7.11. The average Bonchev–Trinajstić information content (AvgIpc) is 3.01. The molecule has 1 aliphatic rings. The molecule has 4 rings (SSSR count). The van der Waals surface area contributed by atoms with Crippen molar-refractivity contribution in [3.63, 3.8) is 0 Å². The molecule has 0 unspecified atom stereocenters. The van der Waals surface area contributed by atoms with Gasteiger partial charge >= 0.3 is 0 Å². The Kier molecular flexibility index (Phi) is 3.84. The molecule has 120 valence electrons. The van der Waals surface area contributed by atoms with E-state index >= 15 is 0 Å². The number of hydrogen-bond acceptors (Lipinski definition) is 6. The molecule has 24 heavy (non-hydrogen) atoms. The monoisotopic (exact) mass is 357 g/mol. The van der Waals surface area contributed by atoms with Gasteiger partial charge in [0.05, 0.1) is 17.8 Å². The normalized spacial score (nSPS) is 11.9. The van der Waals surface area contributed by atoms with Crippen LogP contribution in [-0.2, 0) is 0 Å². The van der Waals surface area contributed by atoms with E-state index in [0.717, 1.165) is 16.3 Å². The molecular formula is C17H12ClN3O2S. The lowest BCUT2D eigenvalue weighted by Crippen LogP contribution is -1.98. The van der Waals surface area contributed by atoms with Crippen molar-refractivity contribution in [3.8, 4) is 16.6 Å². The number of anilines is 2. The number of aliphatic imine (C=N–C) groups is 1. The van der Waals surface area contributed by atoms with Crippen LogP contribution in [0.2, 0.25) is 5.02 Å². The third-order valence-corrected chi connectivity index (χ3v) is 4.55. The fourth-order valence-electron chi connectivity index (χ4n) is 2.37. The van der Waals surface area contributed by atoms with Crippen LogP contribution in [-0.4, -0.2) is 18.3 Å². The smallest absolute Gasteiger partial charge is 0.181 e. The maximum absolute atomic E-state index is 6.20. The lowest BCUT2D eigenvalue weighted by atomic mass is 10.1. The molecule has 3 heterocycles. The Morgan fingerprint density at radius 2 is 2.12 bits per heavy atom. The molecule has 0 saturated heterocycles. The molecule has 0 bridgehead atoms. The summed E-state index contributed by atoms with van der Waals surface area (Å²) >= 11 is 7.72. The molecule has 2 aromatic heterocycles. The Balaban J connectivity index is 1.79. The van der Waals surface area contributed by atoms with Crippen LogP contribution in [0.25, 0.3) is 0 Å². The number of halogens is 1. The number of nitrogens with one attached hydrogen (secondary N) is 1. The van der Waals surface area contributed by atoms with Gasteiger partial charge in [0, 0.05) is 24.0 Å². The van der Waals surface area contributed by atoms with Crippen molar-refractivity contribution >= 4 is 46.3 Å². The van der Waals surface area contributed by atoms with E-state index in [1.807, 2.05) is 29.6 Å². The molecule has 0 amide bonds. The molecule has 0 aliphatic carbocycles. The van der Waals surface area contributed by atoms with E-state index in [2.05, 4.69) is 15.3 Å². The van der Waals surface area contributed by atoms with Crippen molar-refractivity contribution in [2.45, 2.75) is 0 Å². The zero-order valence-electron chi connectivity index (χ0n) is 12.6. The summed E-state index contributed by atoms with van der Waals surface area (Å²) in [5.41, 5.74) is 2.29. The fraction of sp³-hybridized carbons (Fsp3) is 0.0588. The van der Waals surface area contributed by atoms with Gasteiger partial charge in [-0.2, -0.15) is 0 Å². The van der Waals surface area contributed by atoms with Gasteiger partial charge in [-0.3, -0.25) is 4.99 Å². The quantitative estimate of drug-likeness (QED) is 0.533. The third kappa shape index (κ3) is 2.70. The van der Waals surface area contributed by atoms with Crippen LogP contribution in [0, 0.1) is 0 Å². The van der Waals surface area contributed by atoms with Gasteiger partial charge in [-0.05, 0) is 29.6 Å². The zero-order valence-corrected chi connectivity index (χ0v) is 14.2. The van der Waals surface area contributed by atoms with E-state index in [0.29, 0.717) is 28.0 Å². The second-order valence-corrected chi connectivity index (χ2v) is 6.32. The van der Waals surface area contributed by atoms with E-state index in [9.17, 15) is 0 Å². The second-order valence-electron chi connectivity index (χ2n) is 5.00. The molecule has 5 nitrogen and oxygen atoms in total. The first-order chi connectivity index (χ1) is 11.7. The Morgan fingerprint density at radius 3 is 2.92 bits per heavy atom. The van der Waals surface area contributed by atoms with Gasteiger partial charge in [0.2, 0.25) is 0 Å². The first-order valence-corrected chi connectivity index (χ1v) is 8.39. The maximum atomic E-state index is 6.20. The van der Waals surface area contributed by atoms with Crippen LogP contribution in [0.3, 0.4) is 0 Å². The number of benzene rings is 1. The van der Waals surface area contributed by atoms with Crippen molar-refractivity contribution in [1.82, 2.24) is 4.98 Å². The highest BCUT2D eigenvalue weighted by atomic mass is 35.5. The summed E-state index contributed by atoms with van der Waals surface area (Å²) in [6.45, 7) is 0. The molecule has 0 radical (unpaired) electrons. The van der Waals surface area contributed by atoms with Crippen LogP contribution in [0.1, 0.15) is 5.56 Å². The van der Waals surface area contributed by atoms with Crippen LogP contribution >= 0.6 is 22.9 Å². The molecule has 3 aromatic rings. The Hall–Kier alpha value is -2.57. The van der Waals surface area contributed by atoms with E-state index < -0.39 is 0 Å². The van der Waals surface area contributed by atoms with Gasteiger partial charge in [0.25, 0.3) is 0 Å². The lowest BCUT2D eigenvalue weighted by Gasteiger charge is -2.14. The van der Waals surface area contributed by atoms with E-state index in [-0.39, 0.29) is 0 Å². The van der Waals surface area contributed by atoms with E-state index in [4.69, 9.17) is 21.1 Å². The molecule has 0 spiro atoms. The van der Waals surface area contributed by atoms with Crippen LogP contribution in [0.15, 0.2) is 46.9 Å². The summed E-state index contributed by atoms with van der Waals surface area (Å²) in [6, 6.07) is 9.29. The molecule has 0 saturated carbocycles. The number of ether oxygens (including phenoxy) is 2. The topological polar surface area (TPSA) is 55.7 Å². The highest BCUT2D eigenvalue weighted by Crippen LogP contribution is 2.41. The Bertz CT molecular complexity index is 926. The number of thiophene rings is 1. The summed E-state index contributed by atoms with van der Waals surface area (Å²) in [5, 5.41) is 6.55. The van der Waals surface area contributed by atoms with Gasteiger partial charge in [-0.25, -0.2) is 4.98 Å². The van der Waals surface area contributed by atoms with Gasteiger partial charge in [-0.15, -0.1) is 11.3 Å². The Labute approximate surface area is 147 Å². The number of methoxy groups -OCH3 is 1. The summed E-state index contributed by atoms with van der Waals surface area (Å²) in [4.78, 5) is 8.74. The zero-order chi connectivity index (χ0) is 16.5. The second kappa shape index (κ2) is 6.14. The van der Waals surface area contributed by atoms with Gasteiger partial charge in [0.15, 0.2) is 22.4 Å². The van der Waals surface area contributed by atoms with Gasteiger partial charge < -0.3 is 14.8 Å². The minimum Gasteiger partial charge on any atom is -0.493 e. The molecule has 7 heteroatoms. The molecule has 0 fully saturated rings. The number of aromatic nitrogens is 1. The molecule has 0 atom stereocenters. The van der Waals surface area contributed by atoms with Crippen molar-refractivity contribution < 1.29 is 9.47 Å². The number of rotatable bonds is 3. The molecule has 1 N–H and O–H groups in total. The number of fused-ring (bicyclic) bond motifs is 2. The summed E-state index contributed by atoms with van der Waals surface area (Å²) in [6.07, 6.45) is 3.38.